The first-order valence-electron chi connectivity index (χ1n) is 13.3. The number of non-ortho nitro benzene ring substituents is 1. The SMILES string of the molecule is CNC(COC(=O)C1=C(C)NC(C)=C(C(=O)OC)C1c1cccc([N+](=O)[O-])c1)C(C)(C)C.Cc1ccc(S(=O)(=O)O)cc1. The van der Waals surface area contributed by atoms with E-state index in [1.807, 2.05) is 27.7 Å². The summed E-state index contributed by atoms with van der Waals surface area (Å²) in [5, 5.41) is 17.5. The van der Waals surface area contributed by atoms with Crippen molar-refractivity contribution in [3.63, 3.8) is 0 Å². The Balaban J connectivity index is 0.000000490. The molecule has 0 aromatic heterocycles. The van der Waals surface area contributed by atoms with Crippen LogP contribution in [0.1, 0.15) is 51.7 Å². The number of nitrogens with one attached hydrogen (secondary N) is 2. The van der Waals surface area contributed by atoms with Crippen LogP contribution in [0.15, 0.2) is 76.0 Å². The zero-order valence-electron chi connectivity index (χ0n) is 25.5. The molecule has 0 fully saturated rings. The lowest BCUT2D eigenvalue weighted by molar-refractivity contribution is -0.384. The number of nitro groups is 1. The number of methoxy groups -OCH3 is 1. The van der Waals surface area contributed by atoms with Gasteiger partial charge in [-0.25, -0.2) is 9.59 Å². The molecule has 12 nitrogen and oxygen atoms in total. The minimum Gasteiger partial charge on any atom is -0.466 e. The van der Waals surface area contributed by atoms with E-state index < -0.39 is 32.9 Å². The number of dihydropyridines is 1. The van der Waals surface area contributed by atoms with E-state index in [1.165, 1.54) is 37.4 Å². The smallest absolute Gasteiger partial charge is 0.336 e. The molecule has 2 unspecified atom stereocenters. The van der Waals surface area contributed by atoms with Gasteiger partial charge < -0.3 is 20.1 Å². The minimum absolute atomic E-state index is 0.0666. The molecule has 13 heteroatoms. The van der Waals surface area contributed by atoms with Gasteiger partial charge in [-0.1, -0.05) is 50.6 Å². The molecular formula is C30H39N3O9S. The number of nitrogens with zero attached hydrogens (tertiary/aromatic N) is 1. The zero-order chi connectivity index (χ0) is 32.7. The maximum absolute atomic E-state index is 13.3. The Labute approximate surface area is 252 Å². The molecule has 3 rings (SSSR count). The fourth-order valence-corrected chi connectivity index (χ4v) is 4.99. The topological polar surface area (TPSA) is 174 Å². The van der Waals surface area contributed by atoms with Crippen LogP contribution < -0.4 is 10.6 Å². The number of hydrogen-bond donors (Lipinski definition) is 3. The van der Waals surface area contributed by atoms with Crippen molar-refractivity contribution in [2.75, 3.05) is 20.8 Å². The van der Waals surface area contributed by atoms with Gasteiger partial charge >= 0.3 is 11.9 Å². The standard InChI is InChI=1S/C23H31N3O6.C7H8O3S/c1-13-18(21(27)31-7)20(15-9-8-10-16(11-15)26(29)30)19(14(2)25-13)22(28)32-12-17(24-6)23(3,4)5;1-6-2-4-7(5-3-6)11(8,9)10/h8-11,17,20,24-25H,12H2,1-7H3;2-5H,1H3,(H,8,9,10). The second kappa shape index (κ2) is 14.4. The van der Waals surface area contributed by atoms with Crippen LogP contribution >= 0.6 is 0 Å². The Morgan fingerprint density at radius 3 is 2.07 bits per heavy atom. The fraction of sp³-hybridized carbons (Fsp3) is 0.400. The van der Waals surface area contributed by atoms with Gasteiger partial charge in [0.2, 0.25) is 0 Å². The Hall–Kier alpha value is -4.07. The van der Waals surface area contributed by atoms with Crippen molar-refractivity contribution in [2.45, 2.75) is 58.4 Å². The summed E-state index contributed by atoms with van der Waals surface area (Å²) in [4.78, 5) is 36.7. The molecule has 0 amide bonds. The van der Waals surface area contributed by atoms with Gasteiger partial charge in [0.05, 0.1) is 34.0 Å². The van der Waals surface area contributed by atoms with Crippen molar-refractivity contribution < 1.29 is 37.0 Å². The Kier molecular flexibility index (Phi) is 11.8. The average Bonchev–Trinajstić information content (AvgIpc) is 2.91. The third-order valence-electron chi connectivity index (χ3n) is 6.89. The van der Waals surface area contributed by atoms with Crippen LogP contribution in [0.25, 0.3) is 0 Å². The van der Waals surface area contributed by atoms with Gasteiger partial charge in [-0.15, -0.1) is 0 Å². The van der Waals surface area contributed by atoms with Gasteiger partial charge in [0.1, 0.15) is 6.61 Å². The number of carbonyl (C=O) groups excluding carboxylic acids is 2. The predicted molar refractivity (Wildman–Crippen MR) is 161 cm³/mol. The molecule has 0 bridgehead atoms. The van der Waals surface area contributed by atoms with Crippen molar-refractivity contribution in [1.29, 1.82) is 0 Å². The molecule has 0 radical (unpaired) electrons. The minimum atomic E-state index is -4.02. The summed E-state index contributed by atoms with van der Waals surface area (Å²) < 4.78 is 40.2. The molecule has 0 saturated heterocycles. The third kappa shape index (κ3) is 9.21. The van der Waals surface area contributed by atoms with Crippen LogP contribution in [0, 0.1) is 22.5 Å². The fourth-order valence-electron chi connectivity index (χ4n) is 4.51. The first-order valence-corrected chi connectivity index (χ1v) is 14.8. The zero-order valence-corrected chi connectivity index (χ0v) is 26.4. The molecule has 1 aliphatic rings. The number of rotatable bonds is 8. The molecule has 234 valence electrons. The van der Waals surface area contributed by atoms with Crippen LogP contribution in [-0.4, -0.2) is 56.6 Å². The lowest BCUT2D eigenvalue weighted by Crippen LogP contribution is -2.43. The van der Waals surface area contributed by atoms with Crippen molar-refractivity contribution in [1.82, 2.24) is 10.6 Å². The number of allylic oxidation sites excluding steroid dienone is 2. The van der Waals surface area contributed by atoms with Crippen molar-refractivity contribution in [3.05, 3.63) is 92.3 Å². The molecule has 2 aromatic rings. The van der Waals surface area contributed by atoms with Crippen LogP contribution in [0.3, 0.4) is 0 Å². The number of likely N-dealkylation sites (N-methyl/N-ethyl adjacent to an activating group) is 1. The van der Waals surface area contributed by atoms with E-state index in [0.29, 0.717) is 17.0 Å². The van der Waals surface area contributed by atoms with Crippen LogP contribution in [-0.2, 0) is 29.2 Å². The lowest BCUT2D eigenvalue weighted by Gasteiger charge is -2.32. The van der Waals surface area contributed by atoms with E-state index in [-0.39, 0.29) is 39.8 Å². The summed E-state index contributed by atoms with van der Waals surface area (Å²) in [5.41, 5.74) is 2.50. The predicted octanol–water partition coefficient (Wildman–Crippen LogP) is 4.42. The van der Waals surface area contributed by atoms with Crippen molar-refractivity contribution >= 4 is 27.7 Å². The summed E-state index contributed by atoms with van der Waals surface area (Å²) in [6, 6.07) is 11.8. The maximum atomic E-state index is 13.3. The summed E-state index contributed by atoms with van der Waals surface area (Å²) in [5.74, 6) is -2.12. The number of esters is 2. The van der Waals surface area contributed by atoms with Crippen molar-refractivity contribution in [3.8, 4) is 0 Å². The summed E-state index contributed by atoms with van der Waals surface area (Å²) in [7, 11) is -0.977. The number of hydrogen-bond acceptors (Lipinski definition) is 10. The highest BCUT2D eigenvalue weighted by molar-refractivity contribution is 7.85. The van der Waals surface area contributed by atoms with E-state index in [1.54, 1.807) is 39.1 Å². The number of benzene rings is 2. The van der Waals surface area contributed by atoms with Gasteiger partial charge in [-0.3, -0.25) is 14.7 Å². The van der Waals surface area contributed by atoms with Gasteiger partial charge in [0, 0.05) is 29.6 Å². The van der Waals surface area contributed by atoms with Gasteiger partial charge in [-0.2, -0.15) is 8.42 Å². The summed E-state index contributed by atoms with van der Waals surface area (Å²) in [6.07, 6.45) is 0. The molecule has 0 spiro atoms. The van der Waals surface area contributed by atoms with E-state index in [2.05, 4.69) is 10.6 Å². The highest BCUT2D eigenvalue weighted by Gasteiger charge is 2.39. The highest BCUT2D eigenvalue weighted by Crippen LogP contribution is 2.40. The lowest BCUT2D eigenvalue weighted by atomic mass is 9.80. The van der Waals surface area contributed by atoms with E-state index in [9.17, 15) is 28.1 Å². The largest absolute Gasteiger partial charge is 0.466 e. The van der Waals surface area contributed by atoms with E-state index in [4.69, 9.17) is 14.0 Å². The molecule has 1 aliphatic heterocycles. The molecular weight excluding hydrogens is 578 g/mol. The molecule has 1 heterocycles. The molecule has 3 N–H and O–H groups in total. The molecule has 2 atom stereocenters. The average molecular weight is 618 g/mol. The first-order chi connectivity index (χ1) is 19.9. The number of aryl methyl sites for hydroxylation is 1. The third-order valence-corrected chi connectivity index (χ3v) is 7.76. The van der Waals surface area contributed by atoms with Crippen LogP contribution in [0.5, 0.6) is 0 Å². The van der Waals surface area contributed by atoms with E-state index in [0.717, 1.165) is 5.56 Å². The normalized spacial score (nSPS) is 16.0. The van der Waals surface area contributed by atoms with Gasteiger partial charge in [0.15, 0.2) is 0 Å². The number of ether oxygens (including phenoxy) is 2. The van der Waals surface area contributed by atoms with E-state index >= 15 is 0 Å². The highest BCUT2D eigenvalue weighted by atomic mass is 32.2. The second-order valence-electron chi connectivity index (χ2n) is 11.1. The van der Waals surface area contributed by atoms with Gasteiger partial charge in [0.25, 0.3) is 15.8 Å². The molecule has 0 aliphatic carbocycles. The van der Waals surface area contributed by atoms with Crippen LogP contribution in [0.4, 0.5) is 5.69 Å². The first kappa shape index (κ1) is 35.1. The summed E-state index contributed by atoms with van der Waals surface area (Å²) in [6.45, 7) is 11.4. The molecule has 0 saturated carbocycles. The van der Waals surface area contributed by atoms with Gasteiger partial charge in [-0.05, 0) is 50.9 Å². The number of carbonyl (C=O) groups is 2. The van der Waals surface area contributed by atoms with Crippen LogP contribution in [0.2, 0.25) is 0 Å². The maximum Gasteiger partial charge on any atom is 0.336 e. The molecule has 2 aromatic carbocycles. The Bertz CT molecular complexity index is 1520. The monoisotopic (exact) mass is 617 g/mol. The Morgan fingerprint density at radius 2 is 1.60 bits per heavy atom. The second-order valence-corrected chi connectivity index (χ2v) is 12.5. The molecule has 43 heavy (non-hydrogen) atoms. The van der Waals surface area contributed by atoms with Crippen molar-refractivity contribution in [2.24, 2.45) is 5.41 Å². The quantitative estimate of drug-likeness (QED) is 0.166. The summed E-state index contributed by atoms with van der Waals surface area (Å²) >= 11 is 0. The Morgan fingerprint density at radius 1 is 1.05 bits per heavy atom. The number of nitro benzene ring substituents is 1.